The zero-order chi connectivity index (χ0) is 10.6. The fourth-order valence-corrected chi connectivity index (χ4v) is 1.16. The van der Waals surface area contributed by atoms with Crippen molar-refractivity contribution in [1.82, 2.24) is 9.88 Å². The summed E-state index contributed by atoms with van der Waals surface area (Å²) >= 11 is 0. The maximum atomic E-state index is 11.3. The molecule has 1 aromatic rings. The third-order valence-corrected chi connectivity index (χ3v) is 1.85. The number of allylic oxidation sites excluding steroid dienone is 1. The first-order valence-corrected chi connectivity index (χ1v) is 4.41. The summed E-state index contributed by atoms with van der Waals surface area (Å²) in [5.41, 5.74) is 1.68. The van der Waals surface area contributed by atoms with E-state index in [1.54, 1.807) is 19.3 Å². The number of aromatic nitrogens is 1. The van der Waals surface area contributed by atoms with Crippen LogP contribution in [0, 0.1) is 0 Å². The van der Waals surface area contributed by atoms with Gasteiger partial charge in [-0.1, -0.05) is 0 Å². The molecular formula is C11H14N2O. The molecule has 0 N–H and O–H groups in total. The maximum Gasteiger partial charge on any atom is 0.175 e. The van der Waals surface area contributed by atoms with Crippen LogP contribution in [0.3, 0.4) is 0 Å². The lowest BCUT2D eigenvalue weighted by atomic mass is 10.2. The summed E-state index contributed by atoms with van der Waals surface area (Å²) in [5.74, 6) is 0.0619. The highest BCUT2D eigenvalue weighted by Gasteiger charge is 2.05. The summed E-state index contributed by atoms with van der Waals surface area (Å²) in [6.07, 6.45) is 5.27. The molecule has 0 radical (unpaired) electrons. The Kier molecular flexibility index (Phi) is 3.40. The molecule has 0 amide bonds. The minimum atomic E-state index is 0.0619. The molecule has 3 heteroatoms. The third kappa shape index (κ3) is 2.69. The number of hydrogen-bond acceptors (Lipinski definition) is 3. The van der Waals surface area contributed by atoms with Crippen molar-refractivity contribution in [3.05, 3.63) is 35.8 Å². The number of Topliss-reactive ketones (excluding diaryl/α,β-unsaturated/α-hetero) is 1. The Morgan fingerprint density at radius 3 is 2.36 bits per heavy atom. The monoisotopic (exact) mass is 190 g/mol. The van der Waals surface area contributed by atoms with Gasteiger partial charge in [0.1, 0.15) is 0 Å². The predicted octanol–water partition coefficient (Wildman–Crippen LogP) is 1.57. The molecule has 0 spiro atoms. The molecule has 0 unspecified atom stereocenters. The molecule has 14 heavy (non-hydrogen) atoms. The smallest absolute Gasteiger partial charge is 0.175 e. The largest absolute Gasteiger partial charge is 0.375 e. The van der Waals surface area contributed by atoms with E-state index >= 15 is 0 Å². The van der Waals surface area contributed by atoms with Gasteiger partial charge in [0, 0.05) is 33.4 Å². The highest BCUT2D eigenvalue weighted by molar-refractivity contribution is 5.96. The Hall–Kier alpha value is -1.64. The lowest BCUT2D eigenvalue weighted by Gasteiger charge is -2.14. The van der Waals surface area contributed by atoms with Crippen LogP contribution in [0.2, 0.25) is 0 Å². The summed E-state index contributed by atoms with van der Waals surface area (Å²) in [6, 6.07) is 3.74. The molecule has 0 aliphatic heterocycles. The molecule has 0 fully saturated rings. The van der Waals surface area contributed by atoms with Gasteiger partial charge in [-0.25, -0.2) is 0 Å². The first-order chi connectivity index (χ1) is 6.61. The Bertz CT molecular complexity index is 342. The number of hydrogen-bond donors (Lipinski definition) is 0. The number of nitrogens with zero attached hydrogens (tertiary/aromatic N) is 2. The van der Waals surface area contributed by atoms with Crippen LogP contribution in [0.15, 0.2) is 30.2 Å². The Balaban J connectivity index is 3.00. The molecule has 1 rings (SSSR count). The van der Waals surface area contributed by atoms with Gasteiger partial charge in [-0.05, 0) is 23.8 Å². The normalized spacial score (nSPS) is 11.2. The summed E-state index contributed by atoms with van der Waals surface area (Å²) in [6.45, 7) is 1.56. The van der Waals surface area contributed by atoms with Crippen molar-refractivity contribution >= 4 is 11.9 Å². The highest BCUT2D eigenvalue weighted by atomic mass is 16.1. The number of rotatable bonds is 3. The minimum absolute atomic E-state index is 0.0619. The van der Waals surface area contributed by atoms with Gasteiger partial charge in [0.2, 0.25) is 0 Å². The number of pyridine rings is 1. The van der Waals surface area contributed by atoms with E-state index in [9.17, 15) is 4.79 Å². The molecule has 0 saturated heterocycles. The molecule has 1 aromatic heterocycles. The average Bonchev–Trinajstić information content (AvgIpc) is 2.15. The van der Waals surface area contributed by atoms with Crippen LogP contribution >= 0.6 is 0 Å². The standard InChI is InChI=1S/C11H14N2O/c1-9(14)11(13(2)3)8-10-4-6-12-7-5-10/h4-8H,1-3H3. The second-order valence-electron chi connectivity index (χ2n) is 3.26. The van der Waals surface area contributed by atoms with Crippen molar-refractivity contribution in [3.8, 4) is 0 Å². The van der Waals surface area contributed by atoms with Gasteiger partial charge in [-0.15, -0.1) is 0 Å². The van der Waals surface area contributed by atoms with E-state index < -0.39 is 0 Å². The molecule has 0 aliphatic rings. The molecular weight excluding hydrogens is 176 g/mol. The maximum absolute atomic E-state index is 11.3. The second kappa shape index (κ2) is 4.56. The van der Waals surface area contributed by atoms with Gasteiger partial charge in [-0.3, -0.25) is 9.78 Å². The number of carbonyl (C=O) groups is 1. The molecule has 0 aromatic carbocycles. The number of likely N-dealkylation sites (N-methyl/N-ethyl adjacent to an activating group) is 1. The molecule has 1 heterocycles. The van der Waals surface area contributed by atoms with Crippen LogP contribution in [0.5, 0.6) is 0 Å². The van der Waals surface area contributed by atoms with Crippen LogP contribution in [0.4, 0.5) is 0 Å². The van der Waals surface area contributed by atoms with Crippen LogP contribution in [0.25, 0.3) is 6.08 Å². The Morgan fingerprint density at radius 1 is 1.36 bits per heavy atom. The molecule has 0 saturated carbocycles. The molecule has 3 nitrogen and oxygen atoms in total. The first kappa shape index (κ1) is 10.4. The Labute approximate surface area is 84.1 Å². The minimum Gasteiger partial charge on any atom is -0.375 e. The van der Waals surface area contributed by atoms with Crippen LogP contribution in [0.1, 0.15) is 12.5 Å². The fourth-order valence-electron chi connectivity index (χ4n) is 1.16. The van der Waals surface area contributed by atoms with Gasteiger partial charge in [0.05, 0.1) is 5.70 Å². The summed E-state index contributed by atoms with van der Waals surface area (Å²) < 4.78 is 0. The SMILES string of the molecule is CC(=O)C(=Cc1ccncc1)N(C)C. The van der Waals surface area contributed by atoms with E-state index in [0.29, 0.717) is 5.70 Å². The third-order valence-electron chi connectivity index (χ3n) is 1.85. The van der Waals surface area contributed by atoms with E-state index in [1.165, 1.54) is 0 Å². The number of carbonyl (C=O) groups excluding carboxylic acids is 1. The molecule has 0 bridgehead atoms. The zero-order valence-corrected chi connectivity index (χ0v) is 8.69. The van der Waals surface area contributed by atoms with Gasteiger partial charge in [-0.2, -0.15) is 0 Å². The molecule has 0 atom stereocenters. The van der Waals surface area contributed by atoms with Crippen molar-refractivity contribution < 1.29 is 4.79 Å². The van der Waals surface area contributed by atoms with Crippen molar-refractivity contribution in [2.24, 2.45) is 0 Å². The topological polar surface area (TPSA) is 33.2 Å². The van der Waals surface area contributed by atoms with Crippen molar-refractivity contribution in [1.29, 1.82) is 0 Å². The van der Waals surface area contributed by atoms with E-state index in [-0.39, 0.29) is 5.78 Å². The van der Waals surface area contributed by atoms with E-state index in [4.69, 9.17) is 0 Å². The van der Waals surface area contributed by atoms with Gasteiger partial charge >= 0.3 is 0 Å². The van der Waals surface area contributed by atoms with Crippen LogP contribution in [-0.4, -0.2) is 29.8 Å². The van der Waals surface area contributed by atoms with Crippen LogP contribution in [-0.2, 0) is 4.79 Å². The van der Waals surface area contributed by atoms with Gasteiger partial charge in [0.15, 0.2) is 5.78 Å². The van der Waals surface area contributed by atoms with Crippen molar-refractivity contribution in [2.45, 2.75) is 6.92 Å². The summed E-state index contributed by atoms with van der Waals surface area (Å²) in [4.78, 5) is 17.0. The summed E-state index contributed by atoms with van der Waals surface area (Å²) in [7, 11) is 3.71. The van der Waals surface area contributed by atoms with Gasteiger partial charge < -0.3 is 4.90 Å². The second-order valence-corrected chi connectivity index (χ2v) is 3.26. The fraction of sp³-hybridized carbons (Fsp3) is 0.273. The van der Waals surface area contributed by atoms with E-state index in [0.717, 1.165) is 5.56 Å². The predicted molar refractivity (Wildman–Crippen MR) is 56.6 cm³/mol. The lowest BCUT2D eigenvalue weighted by molar-refractivity contribution is -0.114. The first-order valence-electron chi connectivity index (χ1n) is 4.41. The molecule has 74 valence electrons. The molecule has 0 aliphatic carbocycles. The summed E-state index contributed by atoms with van der Waals surface area (Å²) in [5, 5.41) is 0. The van der Waals surface area contributed by atoms with E-state index in [2.05, 4.69) is 4.98 Å². The van der Waals surface area contributed by atoms with Crippen LogP contribution < -0.4 is 0 Å². The van der Waals surface area contributed by atoms with Crippen molar-refractivity contribution in [2.75, 3.05) is 14.1 Å². The van der Waals surface area contributed by atoms with Crippen molar-refractivity contribution in [3.63, 3.8) is 0 Å². The Morgan fingerprint density at radius 2 is 1.93 bits per heavy atom. The number of ketones is 1. The van der Waals surface area contributed by atoms with E-state index in [1.807, 2.05) is 37.2 Å². The highest BCUT2D eigenvalue weighted by Crippen LogP contribution is 2.08. The quantitative estimate of drug-likeness (QED) is 0.678. The lowest BCUT2D eigenvalue weighted by Crippen LogP contribution is -2.16. The van der Waals surface area contributed by atoms with Gasteiger partial charge in [0.25, 0.3) is 0 Å². The average molecular weight is 190 g/mol. The zero-order valence-electron chi connectivity index (χ0n) is 8.69.